The molecule has 2 heterocycles. The number of carboxylic acids is 1. The molecule has 0 radical (unpaired) electrons. The molecule has 7 nitrogen and oxygen atoms in total. The molecule has 1 aromatic rings. The van der Waals surface area contributed by atoms with Crippen molar-refractivity contribution < 1.29 is 9.90 Å². The molecule has 22 heavy (non-hydrogen) atoms. The van der Waals surface area contributed by atoms with E-state index in [4.69, 9.17) is 22.4 Å². The van der Waals surface area contributed by atoms with Gasteiger partial charge >= 0.3 is 5.97 Å². The molecule has 0 bridgehead atoms. The van der Waals surface area contributed by atoms with Crippen LogP contribution in [0.3, 0.4) is 0 Å². The Bertz CT molecular complexity index is 520. The van der Waals surface area contributed by atoms with Crippen molar-refractivity contribution in [2.24, 2.45) is 0 Å². The quantitative estimate of drug-likeness (QED) is 0.831. The topological polar surface area (TPSA) is 95.6 Å². The van der Waals surface area contributed by atoms with Gasteiger partial charge in [-0.3, -0.25) is 9.69 Å². The van der Waals surface area contributed by atoms with Gasteiger partial charge in [0, 0.05) is 31.7 Å². The van der Waals surface area contributed by atoms with Crippen molar-refractivity contribution in [2.45, 2.75) is 25.9 Å². The van der Waals surface area contributed by atoms with E-state index >= 15 is 0 Å². The molecule has 0 amide bonds. The second kappa shape index (κ2) is 8.57. The van der Waals surface area contributed by atoms with E-state index in [9.17, 15) is 4.79 Å². The number of nitrogen functional groups attached to an aromatic ring is 1. The zero-order valence-electron chi connectivity index (χ0n) is 12.3. The van der Waals surface area contributed by atoms with Crippen LogP contribution in [0.1, 0.15) is 13.8 Å². The Balaban J connectivity index is 0.00000220. The van der Waals surface area contributed by atoms with Crippen molar-refractivity contribution in [3.63, 3.8) is 0 Å². The highest BCUT2D eigenvalue weighted by molar-refractivity contribution is 6.29. The molecule has 1 aromatic heterocycles. The summed E-state index contributed by atoms with van der Waals surface area (Å²) in [6.07, 6.45) is 0. The van der Waals surface area contributed by atoms with Gasteiger partial charge in [0.05, 0.1) is 5.69 Å². The van der Waals surface area contributed by atoms with E-state index in [2.05, 4.69) is 15.1 Å². The molecule has 126 valence electrons. The van der Waals surface area contributed by atoms with E-state index in [-0.39, 0.29) is 30.9 Å². The second-order valence-electron chi connectivity index (χ2n) is 4.98. The number of halogens is 3. The first kappa shape index (κ1) is 21.0. The third-order valence-corrected chi connectivity index (χ3v) is 3.83. The molecular formula is C12H20Cl3N5O2. The van der Waals surface area contributed by atoms with Crippen LogP contribution in [0.5, 0.6) is 0 Å². The molecule has 0 aliphatic carbocycles. The molecule has 1 aliphatic rings. The highest BCUT2D eigenvalue weighted by atomic mass is 35.5. The SMILES string of the molecule is CC1CN(c2cc(Cl)nnc2N)CCN1C(C)C(=O)O.Cl.Cl. The summed E-state index contributed by atoms with van der Waals surface area (Å²) in [7, 11) is 0. The van der Waals surface area contributed by atoms with Gasteiger partial charge in [0.25, 0.3) is 0 Å². The summed E-state index contributed by atoms with van der Waals surface area (Å²) >= 11 is 5.85. The molecule has 0 aromatic carbocycles. The number of nitrogens with two attached hydrogens (primary N) is 1. The highest BCUT2D eigenvalue weighted by Crippen LogP contribution is 2.26. The summed E-state index contributed by atoms with van der Waals surface area (Å²) in [4.78, 5) is 15.1. The molecule has 3 N–H and O–H groups in total. The monoisotopic (exact) mass is 371 g/mol. The lowest BCUT2D eigenvalue weighted by Gasteiger charge is -2.42. The molecule has 2 unspecified atom stereocenters. The van der Waals surface area contributed by atoms with Crippen LogP contribution in [0.4, 0.5) is 11.5 Å². The molecule has 2 atom stereocenters. The minimum atomic E-state index is -0.807. The van der Waals surface area contributed by atoms with Gasteiger partial charge in [-0.2, -0.15) is 0 Å². The minimum absolute atomic E-state index is 0. The summed E-state index contributed by atoms with van der Waals surface area (Å²) in [6, 6.07) is 1.29. The Labute approximate surface area is 146 Å². The third kappa shape index (κ3) is 4.49. The number of nitrogens with zero attached hydrogens (tertiary/aromatic N) is 4. The molecule has 1 saturated heterocycles. The largest absolute Gasteiger partial charge is 0.480 e. The van der Waals surface area contributed by atoms with Crippen molar-refractivity contribution in [1.29, 1.82) is 0 Å². The number of rotatable bonds is 3. The van der Waals surface area contributed by atoms with Gasteiger partial charge in [0.15, 0.2) is 11.0 Å². The number of hydrogen-bond donors (Lipinski definition) is 2. The van der Waals surface area contributed by atoms with Crippen LogP contribution in [0.15, 0.2) is 6.07 Å². The van der Waals surface area contributed by atoms with Gasteiger partial charge < -0.3 is 15.7 Å². The second-order valence-corrected chi connectivity index (χ2v) is 5.37. The molecule has 10 heteroatoms. The Morgan fingerprint density at radius 3 is 2.64 bits per heavy atom. The first-order valence-electron chi connectivity index (χ1n) is 6.42. The Hall–Kier alpha value is -1.02. The van der Waals surface area contributed by atoms with E-state index in [0.29, 0.717) is 30.6 Å². The average molecular weight is 373 g/mol. The fraction of sp³-hybridized carbons (Fsp3) is 0.583. The number of anilines is 2. The number of hydrogen-bond acceptors (Lipinski definition) is 6. The fourth-order valence-electron chi connectivity index (χ4n) is 2.53. The molecule has 1 aliphatic heterocycles. The molecule has 2 rings (SSSR count). The number of carboxylic acid groups (broad SMARTS) is 1. The van der Waals surface area contributed by atoms with Gasteiger partial charge in [-0.1, -0.05) is 11.6 Å². The predicted octanol–water partition coefficient (Wildman–Crippen LogP) is 1.54. The summed E-state index contributed by atoms with van der Waals surface area (Å²) in [5, 5.41) is 16.9. The van der Waals surface area contributed by atoms with Gasteiger partial charge in [0.1, 0.15) is 6.04 Å². The summed E-state index contributed by atoms with van der Waals surface area (Å²) in [5.41, 5.74) is 6.58. The van der Waals surface area contributed by atoms with Crippen molar-refractivity contribution in [2.75, 3.05) is 30.3 Å². The van der Waals surface area contributed by atoms with Crippen LogP contribution in [-0.4, -0.2) is 57.9 Å². The van der Waals surface area contributed by atoms with Gasteiger partial charge in [0.2, 0.25) is 0 Å². The molecule has 1 fully saturated rings. The zero-order chi connectivity index (χ0) is 14.9. The van der Waals surface area contributed by atoms with Crippen molar-refractivity contribution >= 4 is 53.9 Å². The van der Waals surface area contributed by atoms with Crippen LogP contribution >= 0.6 is 36.4 Å². The lowest BCUT2D eigenvalue weighted by molar-refractivity contribution is -0.143. The number of aromatic nitrogens is 2. The zero-order valence-corrected chi connectivity index (χ0v) is 14.7. The Kier molecular flexibility index (Phi) is 8.17. The normalized spacial score (nSPS) is 19.8. The Morgan fingerprint density at radius 2 is 2.09 bits per heavy atom. The lowest BCUT2D eigenvalue weighted by Crippen LogP contribution is -2.56. The number of aliphatic carboxylic acids is 1. The Morgan fingerprint density at radius 1 is 1.45 bits per heavy atom. The van der Waals surface area contributed by atoms with E-state index in [1.54, 1.807) is 13.0 Å². The highest BCUT2D eigenvalue weighted by Gasteiger charge is 2.31. The van der Waals surface area contributed by atoms with E-state index in [1.165, 1.54) is 0 Å². The predicted molar refractivity (Wildman–Crippen MR) is 91.4 cm³/mol. The number of carbonyl (C=O) groups is 1. The third-order valence-electron chi connectivity index (χ3n) is 3.65. The smallest absolute Gasteiger partial charge is 0.320 e. The first-order chi connectivity index (χ1) is 9.40. The van der Waals surface area contributed by atoms with E-state index < -0.39 is 12.0 Å². The van der Waals surface area contributed by atoms with E-state index in [0.717, 1.165) is 5.69 Å². The van der Waals surface area contributed by atoms with Crippen molar-refractivity contribution in [3.8, 4) is 0 Å². The molecule has 0 spiro atoms. The van der Waals surface area contributed by atoms with Crippen LogP contribution in [0.2, 0.25) is 5.15 Å². The summed E-state index contributed by atoms with van der Waals surface area (Å²) < 4.78 is 0. The number of piperazine rings is 1. The lowest BCUT2D eigenvalue weighted by atomic mass is 10.1. The summed E-state index contributed by atoms with van der Waals surface area (Å²) in [5.74, 6) is -0.472. The van der Waals surface area contributed by atoms with Crippen LogP contribution < -0.4 is 10.6 Å². The molecular weight excluding hydrogens is 353 g/mol. The van der Waals surface area contributed by atoms with Gasteiger partial charge in [-0.15, -0.1) is 35.0 Å². The maximum absolute atomic E-state index is 11.1. The first-order valence-corrected chi connectivity index (χ1v) is 6.80. The van der Waals surface area contributed by atoms with Crippen molar-refractivity contribution in [1.82, 2.24) is 15.1 Å². The average Bonchev–Trinajstić information content (AvgIpc) is 2.40. The van der Waals surface area contributed by atoms with Gasteiger partial charge in [-0.25, -0.2) is 0 Å². The summed E-state index contributed by atoms with van der Waals surface area (Å²) in [6.45, 7) is 5.69. The van der Waals surface area contributed by atoms with Crippen molar-refractivity contribution in [3.05, 3.63) is 11.2 Å². The van der Waals surface area contributed by atoms with Gasteiger partial charge in [-0.05, 0) is 13.8 Å². The maximum atomic E-state index is 11.1. The van der Waals surface area contributed by atoms with Crippen LogP contribution in [-0.2, 0) is 4.79 Å². The van der Waals surface area contributed by atoms with E-state index in [1.807, 2.05) is 11.8 Å². The standard InChI is InChI=1S/C12H18ClN5O2.2ClH/c1-7-6-17(3-4-18(7)8(2)12(19)20)9-5-10(13)15-16-11(9)14;;/h5,7-8H,3-4,6H2,1-2H3,(H2,14,16)(H,19,20);2*1H. The maximum Gasteiger partial charge on any atom is 0.320 e. The minimum Gasteiger partial charge on any atom is -0.480 e. The fourth-order valence-corrected chi connectivity index (χ4v) is 2.67. The molecule has 0 saturated carbocycles. The van der Waals surface area contributed by atoms with Crippen LogP contribution in [0.25, 0.3) is 0 Å². The van der Waals surface area contributed by atoms with Crippen LogP contribution in [0, 0.1) is 0 Å².